The Balaban J connectivity index is 1.73. The lowest BCUT2D eigenvalue weighted by molar-refractivity contribution is 0.0950. The Hall–Kier alpha value is -3.09. The molecule has 128 valence electrons. The number of ether oxygens (including phenoxy) is 1. The van der Waals surface area contributed by atoms with Gasteiger partial charge in [0.25, 0.3) is 5.91 Å². The number of hydrogen-bond donors (Lipinski definition) is 2. The average Bonchev–Trinajstić information content (AvgIpc) is 3.20. The number of hydrogen-bond acceptors (Lipinski definition) is 4. The van der Waals surface area contributed by atoms with E-state index in [1.165, 1.54) is 0 Å². The van der Waals surface area contributed by atoms with Gasteiger partial charge >= 0.3 is 0 Å². The highest BCUT2D eigenvalue weighted by atomic mass is 16.5. The van der Waals surface area contributed by atoms with Gasteiger partial charge in [0.1, 0.15) is 11.4 Å². The molecule has 0 bridgehead atoms. The number of aromatic amines is 1. The van der Waals surface area contributed by atoms with Crippen LogP contribution in [-0.2, 0) is 13.5 Å². The maximum Gasteiger partial charge on any atom is 0.271 e. The molecule has 1 aromatic carbocycles. The molecule has 0 spiro atoms. The summed E-state index contributed by atoms with van der Waals surface area (Å²) in [5.41, 5.74) is 2.34. The molecular formula is C18H19N5O2. The minimum atomic E-state index is -0.163. The molecule has 3 aromatic rings. The average molecular weight is 337 g/mol. The number of carbonyl (C=O) groups excluding carboxylic acids is 1. The summed E-state index contributed by atoms with van der Waals surface area (Å²) in [5.74, 6) is 2.08. The lowest BCUT2D eigenvalue weighted by Gasteiger charge is -2.17. The summed E-state index contributed by atoms with van der Waals surface area (Å²) in [6.07, 6.45) is 4.23. The number of imidazole rings is 2. The summed E-state index contributed by atoms with van der Waals surface area (Å²) in [6.45, 7) is 0.543. The van der Waals surface area contributed by atoms with Crippen LogP contribution >= 0.6 is 0 Å². The number of fused-ring (bicyclic) bond motifs is 1. The van der Waals surface area contributed by atoms with Crippen molar-refractivity contribution in [3.8, 4) is 17.4 Å². The molecular weight excluding hydrogens is 318 g/mol. The summed E-state index contributed by atoms with van der Waals surface area (Å²) < 4.78 is 7.35. The number of carbonyl (C=O) groups is 1. The molecule has 1 unspecified atom stereocenters. The van der Waals surface area contributed by atoms with Crippen LogP contribution in [-0.4, -0.2) is 39.1 Å². The fourth-order valence-corrected chi connectivity index (χ4v) is 3.29. The van der Waals surface area contributed by atoms with Gasteiger partial charge in [-0.2, -0.15) is 0 Å². The minimum absolute atomic E-state index is 0.107. The zero-order valence-corrected chi connectivity index (χ0v) is 14.1. The first kappa shape index (κ1) is 15.4. The quantitative estimate of drug-likeness (QED) is 0.764. The van der Waals surface area contributed by atoms with Gasteiger partial charge in [0.2, 0.25) is 0 Å². The van der Waals surface area contributed by atoms with Gasteiger partial charge in [0.05, 0.1) is 7.11 Å². The van der Waals surface area contributed by atoms with Gasteiger partial charge in [-0.1, -0.05) is 18.2 Å². The predicted octanol–water partition coefficient (Wildman–Crippen LogP) is 1.89. The molecule has 0 aliphatic carbocycles. The Morgan fingerprint density at radius 3 is 2.92 bits per heavy atom. The molecule has 7 nitrogen and oxygen atoms in total. The van der Waals surface area contributed by atoms with Crippen molar-refractivity contribution in [1.82, 2.24) is 24.8 Å². The smallest absolute Gasteiger partial charge is 0.271 e. The van der Waals surface area contributed by atoms with Gasteiger partial charge in [-0.15, -0.1) is 0 Å². The van der Waals surface area contributed by atoms with E-state index >= 15 is 0 Å². The SMILES string of the molecule is COc1ccccc1C1CNC(=O)c2nc(-c3nccn3C)[nH]c2C1. The molecule has 3 heterocycles. The number of benzene rings is 1. The summed E-state index contributed by atoms with van der Waals surface area (Å²) >= 11 is 0. The Bertz CT molecular complexity index is 927. The summed E-state index contributed by atoms with van der Waals surface area (Å²) in [4.78, 5) is 24.5. The molecule has 2 aromatic heterocycles. The normalized spacial score (nSPS) is 16.9. The van der Waals surface area contributed by atoms with Crippen molar-refractivity contribution in [2.24, 2.45) is 7.05 Å². The van der Waals surface area contributed by atoms with E-state index in [2.05, 4.69) is 20.3 Å². The van der Waals surface area contributed by atoms with Crippen LogP contribution in [0.15, 0.2) is 36.7 Å². The second-order valence-electron chi connectivity index (χ2n) is 6.13. The van der Waals surface area contributed by atoms with E-state index in [4.69, 9.17) is 4.74 Å². The van der Waals surface area contributed by atoms with E-state index in [0.717, 1.165) is 17.0 Å². The molecule has 4 rings (SSSR count). The van der Waals surface area contributed by atoms with E-state index in [1.807, 2.05) is 42.1 Å². The lowest BCUT2D eigenvalue weighted by atomic mass is 9.93. The lowest BCUT2D eigenvalue weighted by Crippen LogP contribution is -2.26. The molecule has 0 fully saturated rings. The van der Waals surface area contributed by atoms with Gasteiger partial charge in [-0.05, 0) is 18.1 Å². The fraction of sp³-hybridized carbons (Fsp3) is 0.278. The van der Waals surface area contributed by atoms with E-state index < -0.39 is 0 Å². The zero-order chi connectivity index (χ0) is 17.4. The van der Waals surface area contributed by atoms with Crippen molar-refractivity contribution < 1.29 is 9.53 Å². The van der Waals surface area contributed by atoms with Crippen molar-refractivity contribution in [2.75, 3.05) is 13.7 Å². The number of para-hydroxylation sites is 1. The predicted molar refractivity (Wildman–Crippen MR) is 92.6 cm³/mol. The van der Waals surface area contributed by atoms with Crippen molar-refractivity contribution in [3.05, 3.63) is 53.6 Å². The highest BCUT2D eigenvalue weighted by molar-refractivity contribution is 5.94. The fourth-order valence-electron chi connectivity index (χ4n) is 3.29. The number of aromatic nitrogens is 4. The number of H-pyrrole nitrogens is 1. The second-order valence-corrected chi connectivity index (χ2v) is 6.13. The molecule has 2 N–H and O–H groups in total. The maximum atomic E-state index is 12.5. The van der Waals surface area contributed by atoms with Crippen LogP contribution in [0.5, 0.6) is 5.75 Å². The summed E-state index contributed by atoms with van der Waals surface area (Å²) in [7, 11) is 3.56. The third-order valence-corrected chi connectivity index (χ3v) is 4.57. The third kappa shape index (κ3) is 2.67. The molecule has 0 saturated heterocycles. The highest BCUT2D eigenvalue weighted by Gasteiger charge is 2.28. The number of nitrogens with zero attached hydrogens (tertiary/aromatic N) is 3. The molecule has 25 heavy (non-hydrogen) atoms. The second kappa shape index (κ2) is 6.08. The van der Waals surface area contributed by atoms with Crippen LogP contribution in [0.4, 0.5) is 0 Å². The number of nitrogens with one attached hydrogen (secondary N) is 2. The molecule has 1 aliphatic rings. The van der Waals surface area contributed by atoms with Gasteiger partial charge in [-0.3, -0.25) is 4.79 Å². The largest absolute Gasteiger partial charge is 0.496 e. The van der Waals surface area contributed by atoms with Crippen molar-refractivity contribution in [2.45, 2.75) is 12.3 Å². The molecule has 7 heteroatoms. The monoisotopic (exact) mass is 337 g/mol. The van der Waals surface area contributed by atoms with E-state index in [-0.39, 0.29) is 11.8 Å². The van der Waals surface area contributed by atoms with Crippen LogP contribution in [0.3, 0.4) is 0 Å². The maximum absolute atomic E-state index is 12.5. The minimum Gasteiger partial charge on any atom is -0.496 e. The molecule has 1 amide bonds. The molecule has 1 aliphatic heterocycles. The molecule has 0 saturated carbocycles. The van der Waals surface area contributed by atoms with Crippen LogP contribution in [0.1, 0.15) is 27.7 Å². The standard InChI is InChI=1S/C18H19N5O2/c1-23-8-7-19-17(23)16-21-13-9-11(10-20-18(24)15(13)22-16)12-5-3-4-6-14(12)25-2/h3-8,11H,9-10H2,1-2H3,(H,20,24)(H,21,22). The van der Waals surface area contributed by atoms with Crippen LogP contribution in [0.25, 0.3) is 11.6 Å². The van der Waals surface area contributed by atoms with Gasteiger partial charge in [0.15, 0.2) is 11.6 Å². The van der Waals surface area contributed by atoms with Crippen molar-refractivity contribution >= 4 is 5.91 Å². The van der Waals surface area contributed by atoms with Crippen LogP contribution < -0.4 is 10.1 Å². The van der Waals surface area contributed by atoms with Gasteiger partial charge in [-0.25, -0.2) is 9.97 Å². The zero-order valence-electron chi connectivity index (χ0n) is 14.1. The number of rotatable bonds is 3. The first-order valence-electron chi connectivity index (χ1n) is 8.15. The van der Waals surface area contributed by atoms with Gasteiger partial charge < -0.3 is 19.6 Å². The van der Waals surface area contributed by atoms with Crippen molar-refractivity contribution in [1.29, 1.82) is 0 Å². The number of aryl methyl sites for hydroxylation is 1. The van der Waals surface area contributed by atoms with Gasteiger partial charge in [0, 0.05) is 37.6 Å². The number of methoxy groups -OCH3 is 1. The Labute approximate surface area is 145 Å². The Morgan fingerprint density at radius 2 is 2.16 bits per heavy atom. The first-order valence-corrected chi connectivity index (χ1v) is 8.15. The van der Waals surface area contributed by atoms with E-state index in [0.29, 0.717) is 30.3 Å². The van der Waals surface area contributed by atoms with E-state index in [1.54, 1.807) is 13.3 Å². The Morgan fingerprint density at radius 1 is 1.32 bits per heavy atom. The third-order valence-electron chi connectivity index (χ3n) is 4.57. The van der Waals surface area contributed by atoms with Crippen molar-refractivity contribution in [3.63, 3.8) is 0 Å². The first-order chi connectivity index (χ1) is 12.2. The topological polar surface area (TPSA) is 84.8 Å². The number of amides is 1. The van der Waals surface area contributed by atoms with E-state index in [9.17, 15) is 4.79 Å². The molecule has 1 atom stereocenters. The summed E-state index contributed by atoms with van der Waals surface area (Å²) in [6, 6.07) is 7.90. The summed E-state index contributed by atoms with van der Waals surface area (Å²) in [5, 5.41) is 2.97. The highest BCUT2D eigenvalue weighted by Crippen LogP contribution is 2.31. The van der Waals surface area contributed by atoms with Crippen LogP contribution in [0.2, 0.25) is 0 Å². The molecule has 0 radical (unpaired) electrons. The van der Waals surface area contributed by atoms with Crippen LogP contribution in [0, 0.1) is 0 Å². The Kier molecular flexibility index (Phi) is 3.76.